The quantitative estimate of drug-likeness (QED) is 0.282. The van der Waals surface area contributed by atoms with Crippen LogP contribution in [0.15, 0.2) is 34.4 Å². The summed E-state index contributed by atoms with van der Waals surface area (Å²) in [4.78, 5) is 16.7. The van der Waals surface area contributed by atoms with Crippen LogP contribution in [0.4, 0.5) is 0 Å². The molecule has 0 fully saturated rings. The minimum atomic E-state index is -3.50. The molecule has 1 aliphatic rings. The van der Waals surface area contributed by atoms with Crippen molar-refractivity contribution < 1.29 is 8.42 Å². The number of hydrogen-bond acceptors (Lipinski definition) is 7. The molecule has 0 aliphatic heterocycles. The van der Waals surface area contributed by atoms with Gasteiger partial charge in [-0.1, -0.05) is 18.7 Å². The Kier molecular flexibility index (Phi) is 5.73. The molecule has 168 valence electrons. The van der Waals surface area contributed by atoms with E-state index < -0.39 is 10.0 Å². The van der Waals surface area contributed by atoms with Gasteiger partial charge < -0.3 is 4.57 Å². The topological polar surface area (TPSA) is 81.0 Å². The monoisotopic (exact) mass is 487 g/mol. The number of nitrogens with zero attached hydrogens (tertiary/aromatic N) is 5. The predicted molar refractivity (Wildman–Crippen MR) is 130 cm³/mol. The summed E-state index contributed by atoms with van der Waals surface area (Å²) in [7, 11) is -0.415. The van der Waals surface area contributed by atoms with Gasteiger partial charge in [-0.15, -0.1) is 11.3 Å². The molecule has 0 N–H and O–H groups in total. The van der Waals surface area contributed by atoms with Crippen molar-refractivity contribution in [3.8, 4) is 0 Å². The molecule has 3 aromatic heterocycles. The zero-order valence-electron chi connectivity index (χ0n) is 18.3. The average Bonchev–Trinajstić information content (AvgIpc) is 3.45. The van der Waals surface area contributed by atoms with Gasteiger partial charge in [0.25, 0.3) is 0 Å². The second-order valence-corrected chi connectivity index (χ2v) is 12.3. The van der Waals surface area contributed by atoms with Crippen molar-refractivity contribution in [3.63, 3.8) is 0 Å². The number of hydrogen-bond donors (Lipinski definition) is 0. The zero-order valence-corrected chi connectivity index (χ0v) is 20.8. The summed E-state index contributed by atoms with van der Waals surface area (Å²) in [6, 6.07) is 5.22. The summed E-state index contributed by atoms with van der Waals surface area (Å²) in [5, 5.41) is 2.23. The van der Waals surface area contributed by atoms with E-state index in [0.717, 1.165) is 47.0 Å². The molecule has 3 heterocycles. The van der Waals surface area contributed by atoms with Crippen LogP contribution in [-0.2, 0) is 35.2 Å². The van der Waals surface area contributed by atoms with Gasteiger partial charge in [-0.2, -0.15) is 0 Å². The van der Waals surface area contributed by atoms with Crippen molar-refractivity contribution >= 4 is 54.4 Å². The molecule has 4 aromatic rings. The number of thioether (sulfide) groups is 1. The molecule has 0 saturated heterocycles. The minimum absolute atomic E-state index is 0.265. The lowest BCUT2D eigenvalue weighted by Crippen LogP contribution is -2.22. The van der Waals surface area contributed by atoms with Crippen molar-refractivity contribution in [2.24, 2.45) is 0 Å². The van der Waals surface area contributed by atoms with Crippen LogP contribution in [0.25, 0.3) is 21.3 Å². The summed E-state index contributed by atoms with van der Waals surface area (Å²) in [6.07, 6.45) is 6.08. The van der Waals surface area contributed by atoms with Crippen LogP contribution >= 0.6 is 23.1 Å². The van der Waals surface area contributed by atoms with E-state index >= 15 is 0 Å². The molecule has 5 rings (SSSR count). The maximum absolute atomic E-state index is 12.6. The molecule has 0 unspecified atom stereocenters. The van der Waals surface area contributed by atoms with Gasteiger partial charge in [0.2, 0.25) is 10.0 Å². The van der Waals surface area contributed by atoms with Crippen LogP contribution in [0, 0.1) is 0 Å². The van der Waals surface area contributed by atoms with E-state index in [1.807, 2.05) is 6.07 Å². The van der Waals surface area contributed by atoms with Crippen molar-refractivity contribution in [2.45, 2.75) is 54.8 Å². The summed E-state index contributed by atoms with van der Waals surface area (Å²) in [5.74, 6) is 1.60. The number of thiophene rings is 1. The molecule has 0 amide bonds. The van der Waals surface area contributed by atoms with Gasteiger partial charge in [0.15, 0.2) is 0 Å². The number of aryl methyl sites for hydroxylation is 3. The Balaban J connectivity index is 1.52. The molecule has 1 aliphatic carbocycles. The molecule has 7 nitrogen and oxygen atoms in total. The van der Waals surface area contributed by atoms with Crippen molar-refractivity contribution in [1.82, 2.24) is 23.8 Å². The molecule has 0 spiro atoms. The smallest absolute Gasteiger partial charge is 0.242 e. The SMILES string of the molecule is CCCn1c(CSc2ncnc3sc4c(c23)CCC4)nc2cc(S(=O)(=O)N(C)C)ccc21. The molecule has 0 atom stereocenters. The Hall–Kier alpha value is -2.01. The van der Waals surface area contributed by atoms with Gasteiger partial charge in [0, 0.05) is 30.9 Å². The summed E-state index contributed by atoms with van der Waals surface area (Å²) >= 11 is 3.49. The Bertz CT molecular complexity index is 1420. The van der Waals surface area contributed by atoms with Gasteiger partial charge >= 0.3 is 0 Å². The minimum Gasteiger partial charge on any atom is -0.327 e. The Morgan fingerprint density at radius 1 is 1.22 bits per heavy atom. The molecular formula is C22H25N5O2S3. The zero-order chi connectivity index (χ0) is 22.5. The lowest BCUT2D eigenvalue weighted by atomic mass is 10.2. The third kappa shape index (κ3) is 3.63. The van der Waals surface area contributed by atoms with E-state index in [1.54, 1.807) is 55.7 Å². The molecule has 1 aromatic carbocycles. The van der Waals surface area contributed by atoms with Crippen LogP contribution < -0.4 is 0 Å². The Morgan fingerprint density at radius 3 is 2.84 bits per heavy atom. The van der Waals surface area contributed by atoms with Crippen LogP contribution in [-0.4, -0.2) is 46.3 Å². The van der Waals surface area contributed by atoms with E-state index in [-0.39, 0.29) is 4.90 Å². The predicted octanol–water partition coefficient (Wildman–Crippen LogP) is 4.48. The van der Waals surface area contributed by atoms with Gasteiger partial charge in [-0.05, 0) is 49.4 Å². The number of benzene rings is 1. The first-order chi connectivity index (χ1) is 15.4. The standard InChI is InChI=1S/C22H25N5O2S3/c1-4-10-27-17-9-8-14(32(28,29)26(2)3)11-16(17)25-19(27)12-30-21-20-15-6-5-7-18(15)31-22(20)24-13-23-21/h8-9,11,13H,4-7,10,12H2,1-3H3. The highest BCUT2D eigenvalue weighted by Crippen LogP contribution is 2.40. The molecule has 0 radical (unpaired) electrons. The lowest BCUT2D eigenvalue weighted by Gasteiger charge is -2.11. The molecular weight excluding hydrogens is 462 g/mol. The second kappa shape index (κ2) is 8.40. The fraction of sp³-hybridized carbons (Fsp3) is 0.409. The summed E-state index contributed by atoms with van der Waals surface area (Å²) in [5.41, 5.74) is 3.10. The fourth-order valence-corrected chi connectivity index (χ4v) is 7.44. The van der Waals surface area contributed by atoms with Crippen LogP contribution in [0.3, 0.4) is 0 Å². The van der Waals surface area contributed by atoms with Gasteiger partial charge in [-0.25, -0.2) is 27.7 Å². The number of sulfonamides is 1. The van der Waals surface area contributed by atoms with E-state index in [2.05, 4.69) is 21.5 Å². The first-order valence-electron chi connectivity index (χ1n) is 10.7. The third-order valence-corrected chi connectivity index (χ3v) is 9.83. The number of imidazole rings is 1. The molecule has 0 bridgehead atoms. The first-order valence-corrected chi connectivity index (χ1v) is 13.9. The van der Waals surface area contributed by atoms with Crippen LogP contribution in [0.1, 0.15) is 36.0 Å². The van der Waals surface area contributed by atoms with Gasteiger partial charge in [0.05, 0.1) is 21.7 Å². The van der Waals surface area contributed by atoms with Gasteiger partial charge in [0.1, 0.15) is 22.0 Å². The fourth-order valence-electron chi connectivity index (χ4n) is 4.26. The number of fused-ring (bicyclic) bond motifs is 4. The van der Waals surface area contributed by atoms with Crippen LogP contribution in [0.2, 0.25) is 0 Å². The highest BCUT2D eigenvalue weighted by molar-refractivity contribution is 7.98. The highest BCUT2D eigenvalue weighted by atomic mass is 32.2. The van der Waals surface area contributed by atoms with Gasteiger partial charge in [-0.3, -0.25) is 0 Å². The second-order valence-electron chi connectivity index (χ2n) is 8.12. The van der Waals surface area contributed by atoms with E-state index in [0.29, 0.717) is 11.3 Å². The van der Waals surface area contributed by atoms with E-state index in [9.17, 15) is 8.42 Å². The molecule has 10 heteroatoms. The largest absolute Gasteiger partial charge is 0.327 e. The Labute approximate surface area is 195 Å². The highest BCUT2D eigenvalue weighted by Gasteiger charge is 2.23. The third-order valence-electron chi connectivity index (χ3n) is 5.83. The average molecular weight is 488 g/mol. The van der Waals surface area contributed by atoms with Crippen molar-refractivity contribution in [3.05, 3.63) is 40.8 Å². The first kappa shape index (κ1) is 21.8. The maximum Gasteiger partial charge on any atom is 0.242 e. The van der Waals surface area contributed by atoms with Crippen molar-refractivity contribution in [1.29, 1.82) is 0 Å². The Morgan fingerprint density at radius 2 is 2.06 bits per heavy atom. The lowest BCUT2D eigenvalue weighted by molar-refractivity contribution is 0.521. The summed E-state index contributed by atoms with van der Waals surface area (Å²) < 4.78 is 28.6. The summed E-state index contributed by atoms with van der Waals surface area (Å²) in [6.45, 7) is 2.97. The number of rotatable bonds is 7. The van der Waals surface area contributed by atoms with Crippen molar-refractivity contribution in [2.75, 3.05) is 14.1 Å². The normalized spacial score (nSPS) is 14.1. The van der Waals surface area contributed by atoms with E-state index in [1.165, 1.54) is 26.6 Å². The molecule has 32 heavy (non-hydrogen) atoms. The number of aromatic nitrogens is 4. The van der Waals surface area contributed by atoms with E-state index in [4.69, 9.17) is 4.98 Å². The molecule has 0 saturated carbocycles. The van der Waals surface area contributed by atoms with Crippen LogP contribution in [0.5, 0.6) is 0 Å². The maximum atomic E-state index is 12.6.